The van der Waals surface area contributed by atoms with E-state index in [1.165, 1.54) is 11.3 Å². The molecule has 0 N–H and O–H groups in total. The van der Waals surface area contributed by atoms with Gasteiger partial charge in [-0.05, 0) is 68.4 Å². The summed E-state index contributed by atoms with van der Waals surface area (Å²) in [5.74, 6) is -0.183. The van der Waals surface area contributed by atoms with E-state index in [-0.39, 0.29) is 10.8 Å². The van der Waals surface area contributed by atoms with Gasteiger partial charge in [0.25, 0.3) is 5.91 Å². The summed E-state index contributed by atoms with van der Waals surface area (Å²) in [5, 5.41) is 0.639. The molecule has 2 heterocycles. The number of carbonyl (C=O) groups is 1. The maximum Gasteiger partial charge on any atom is 0.260 e. The lowest BCUT2D eigenvalue weighted by atomic mass is 10.2. The number of amides is 1. The fourth-order valence-corrected chi connectivity index (χ4v) is 7.31. The summed E-state index contributed by atoms with van der Waals surface area (Å²) >= 11 is 4.98. The molecule has 2 aromatic carbocycles. The Morgan fingerprint density at radius 3 is 2.37 bits per heavy atom. The SMILES string of the molecule is CCN(CC)CCN(C(=O)c1ccc(S(=O)(=O)N2CCCCC2)cc1)c1nc2ccc(Br)cc2s1. The van der Waals surface area contributed by atoms with Gasteiger partial charge in [0.15, 0.2) is 5.13 Å². The summed E-state index contributed by atoms with van der Waals surface area (Å²) in [6, 6.07) is 12.2. The van der Waals surface area contributed by atoms with E-state index in [0.717, 1.165) is 53.6 Å². The third-order valence-corrected chi connectivity index (χ3v) is 9.85. The van der Waals surface area contributed by atoms with Crippen LogP contribution in [0.25, 0.3) is 10.2 Å². The van der Waals surface area contributed by atoms with Crippen molar-refractivity contribution in [3.05, 3.63) is 52.5 Å². The van der Waals surface area contributed by atoms with Crippen LogP contribution in [0, 0.1) is 0 Å². The highest BCUT2D eigenvalue weighted by Gasteiger charge is 2.27. The predicted molar refractivity (Wildman–Crippen MR) is 146 cm³/mol. The number of rotatable bonds is 9. The number of hydrogen-bond acceptors (Lipinski definition) is 6. The molecule has 1 aliphatic rings. The summed E-state index contributed by atoms with van der Waals surface area (Å²) in [6.07, 6.45) is 2.83. The number of sulfonamides is 1. The average Bonchev–Trinajstić information content (AvgIpc) is 3.29. The van der Waals surface area contributed by atoms with Crippen LogP contribution in [0.5, 0.6) is 0 Å². The van der Waals surface area contributed by atoms with Gasteiger partial charge < -0.3 is 4.90 Å². The van der Waals surface area contributed by atoms with E-state index < -0.39 is 10.0 Å². The Kier molecular flexibility index (Phi) is 8.59. The molecule has 0 atom stereocenters. The van der Waals surface area contributed by atoms with Crippen LogP contribution in [0.3, 0.4) is 0 Å². The zero-order chi connectivity index (χ0) is 25.0. The smallest absolute Gasteiger partial charge is 0.260 e. The van der Waals surface area contributed by atoms with Gasteiger partial charge in [0.2, 0.25) is 10.0 Å². The summed E-state index contributed by atoms with van der Waals surface area (Å²) in [4.78, 5) is 22.6. The normalized spacial score (nSPS) is 15.1. The molecule has 0 unspecified atom stereocenters. The van der Waals surface area contributed by atoms with Crippen LogP contribution in [-0.4, -0.2) is 67.8 Å². The predicted octanol–water partition coefficient (Wildman–Crippen LogP) is 5.22. The third kappa shape index (κ3) is 5.94. The molecule has 7 nitrogen and oxygen atoms in total. The van der Waals surface area contributed by atoms with E-state index in [1.807, 2.05) is 18.2 Å². The highest BCUT2D eigenvalue weighted by Crippen LogP contribution is 2.32. The molecule has 0 saturated carbocycles. The Morgan fingerprint density at radius 2 is 1.71 bits per heavy atom. The quantitative estimate of drug-likeness (QED) is 0.348. The van der Waals surface area contributed by atoms with Gasteiger partial charge in [0, 0.05) is 36.2 Å². The zero-order valence-electron chi connectivity index (χ0n) is 20.1. The van der Waals surface area contributed by atoms with Crippen LogP contribution in [0.4, 0.5) is 5.13 Å². The maximum absolute atomic E-state index is 13.6. The van der Waals surface area contributed by atoms with Gasteiger partial charge >= 0.3 is 0 Å². The Balaban J connectivity index is 1.61. The first-order chi connectivity index (χ1) is 16.8. The van der Waals surface area contributed by atoms with Crippen molar-refractivity contribution in [1.29, 1.82) is 0 Å². The van der Waals surface area contributed by atoms with E-state index in [9.17, 15) is 13.2 Å². The molecule has 4 rings (SSSR count). The van der Waals surface area contributed by atoms with Crippen LogP contribution in [0.2, 0.25) is 0 Å². The number of fused-ring (bicyclic) bond motifs is 1. The number of piperidine rings is 1. The Labute approximate surface area is 219 Å². The highest BCUT2D eigenvalue weighted by atomic mass is 79.9. The lowest BCUT2D eigenvalue weighted by Gasteiger charge is -2.26. The molecule has 188 valence electrons. The van der Waals surface area contributed by atoms with Gasteiger partial charge in [-0.1, -0.05) is 47.5 Å². The first-order valence-corrected chi connectivity index (χ1v) is 15.1. The highest BCUT2D eigenvalue weighted by molar-refractivity contribution is 9.10. The van der Waals surface area contributed by atoms with E-state index in [0.29, 0.717) is 30.3 Å². The molecule has 1 fully saturated rings. The van der Waals surface area contributed by atoms with E-state index in [1.54, 1.807) is 33.5 Å². The monoisotopic (exact) mass is 578 g/mol. The van der Waals surface area contributed by atoms with Crippen LogP contribution in [0.1, 0.15) is 43.5 Å². The van der Waals surface area contributed by atoms with Gasteiger partial charge in [-0.3, -0.25) is 9.69 Å². The minimum absolute atomic E-state index is 0.183. The van der Waals surface area contributed by atoms with Crippen molar-refractivity contribution in [2.75, 3.05) is 44.2 Å². The van der Waals surface area contributed by atoms with E-state index in [2.05, 4.69) is 34.7 Å². The number of likely N-dealkylation sites (N-methyl/N-ethyl adjacent to an activating group) is 1. The van der Waals surface area contributed by atoms with Crippen LogP contribution >= 0.6 is 27.3 Å². The number of anilines is 1. The van der Waals surface area contributed by atoms with Crippen LogP contribution in [-0.2, 0) is 10.0 Å². The van der Waals surface area contributed by atoms with Crippen molar-refractivity contribution < 1.29 is 13.2 Å². The number of aromatic nitrogens is 1. The molecule has 0 spiro atoms. The molecule has 0 radical (unpaired) electrons. The number of hydrogen-bond donors (Lipinski definition) is 0. The van der Waals surface area contributed by atoms with Gasteiger partial charge in [-0.2, -0.15) is 4.31 Å². The van der Waals surface area contributed by atoms with Crippen molar-refractivity contribution in [3.63, 3.8) is 0 Å². The molecular weight excluding hydrogens is 548 g/mol. The number of nitrogens with zero attached hydrogens (tertiary/aromatic N) is 4. The van der Waals surface area contributed by atoms with Gasteiger partial charge in [0.05, 0.1) is 15.1 Å². The first-order valence-electron chi connectivity index (χ1n) is 12.0. The lowest BCUT2D eigenvalue weighted by molar-refractivity contribution is 0.0983. The first kappa shape index (κ1) is 26.2. The molecular formula is C25H31BrN4O3S2. The molecule has 1 aromatic heterocycles. The summed E-state index contributed by atoms with van der Waals surface area (Å²) in [6.45, 7) is 8.32. The van der Waals surface area contributed by atoms with Crippen molar-refractivity contribution in [2.45, 2.75) is 38.0 Å². The molecule has 1 aliphatic heterocycles. The minimum Gasteiger partial charge on any atom is -0.302 e. The Bertz CT molecular complexity index is 1270. The largest absolute Gasteiger partial charge is 0.302 e. The van der Waals surface area contributed by atoms with Crippen LogP contribution < -0.4 is 4.90 Å². The Hall–Kier alpha value is -1.85. The molecule has 0 aliphatic carbocycles. The molecule has 35 heavy (non-hydrogen) atoms. The summed E-state index contributed by atoms with van der Waals surface area (Å²) < 4.78 is 29.5. The van der Waals surface area contributed by atoms with Crippen molar-refractivity contribution in [2.24, 2.45) is 0 Å². The van der Waals surface area contributed by atoms with Crippen molar-refractivity contribution in [3.8, 4) is 0 Å². The second-order valence-corrected chi connectivity index (χ2v) is 12.4. The molecule has 10 heteroatoms. The number of halogens is 1. The van der Waals surface area contributed by atoms with Crippen LogP contribution in [0.15, 0.2) is 51.8 Å². The summed E-state index contributed by atoms with van der Waals surface area (Å²) in [5.41, 5.74) is 1.29. The molecule has 1 amide bonds. The van der Waals surface area contributed by atoms with E-state index >= 15 is 0 Å². The molecule has 0 bridgehead atoms. The Morgan fingerprint density at radius 1 is 1.03 bits per heavy atom. The number of carbonyl (C=O) groups excluding carboxylic acids is 1. The van der Waals surface area contributed by atoms with E-state index in [4.69, 9.17) is 4.98 Å². The number of benzene rings is 2. The summed E-state index contributed by atoms with van der Waals surface area (Å²) in [7, 11) is -3.54. The second-order valence-electron chi connectivity index (χ2n) is 8.58. The van der Waals surface area contributed by atoms with Crippen molar-refractivity contribution in [1.82, 2.24) is 14.2 Å². The maximum atomic E-state index is 13.6. The second kappa shape index (κ2) is 11.5. The average molecular weight is 580 g/mol. The van der Waals surface area contributed by atoms with Gasteiger partial charge in [-0.15, -0.1) is 0 Å². The topological polar surface area (TPSA) is 73.8 Å². The van der Waals surface area contributed by atoms with Gasteiger partial charge in [0.1, 0.15) is 0 Å². The van der Waals surface area contributed by atoms with Crippen molar-refractivity contribution >= 4 is 58.5 Å². The lowest BCUT2D eigenvalue weighted by Crippen LogP contribution is -2.39. The zero-order valence-corrected chi connectivity index (χ0v) is 23.3. The fraction of sp³-hybridized carbons (Fsp3) is 0.440. The third-order valence-electron chi connectivity index (χ3n) is 6.40. The molecule has 3 aromatic rings. The standard InChI is InChI=1S/C25H31BrN4O3S2/c1-3-28(4-2)16-17-30(25-27-22-13-10-20(26)18-23(22)34-25)24(31)19-8-11-21(12-9-19)35(32,33)29-14-6-5-7-15-29/h8-13,18H,3-7,14-17H2,1-2H3. The fourth-order valence-electron chi connectivity index (χ4n) is 4.25. The number of thiazole rings is 1. The van der Waals surface area contributed by atoms with Gasteiger partial charge in [-0.25, -0.2) is 13.4 Å². The minimum atomic E-state index is -3.54. The molecule has 1 saturated heterocycles.